The second kappa shape index (κ2) is 10.6. The van der Waals surface area contributed by atoms with E-state index in [-0.39, 0.29) is 25.8 Å². The number of amides is 4. The van der Waals surface area contributed by atoms with Crippen molar-refractivity contribution in [3.63, 3.8) is 0 Å². The summed E-state index contributed by atoms with van der Waals surface area (Å²) >= 11 is 0. The second-order valence-electron chi connectivity index (χ2n) is 9.81. The van der Waals surface area contributed by atoms with Gasteiger partial charge in [0, 0.05) is 19.4 Å². The summed E-state index contributed by atoms with van der Waals surface area (Å²) in [7, 11) is 0. The highest BCUT2D eigenvalue weighted by Gasteiger charge is 2.42. The maximum atomic E-state index is 12.8. The molecule has 0 spiro atoms. The molecule has 0 radical (unpaired) electrons. The summed E-state index contributed by atoms with van der Waals surface area (Å²) in [6.07, 6.45) is -0.506. The predicted molar refractivity (Wildman–Crippen MR) is 113 cm³/mol. The number of ether oxygens (including phenoxy) is 2. The molecule has 0 saturated carbocycles. The van der Waals surface area contributed by atoms with Gasteiger partial charge in [0.1, 0.15) is 16.7 Å². The van der Waals surface area contributed by atoms with E-state index in [2.05, 4.69) is 10.6 Å². The van der Waals surface area contributed by atoms with Crippen molar-refractivity contribution in [1.82, 2.24) is 15.7 Å². The lowest BCUT2D eigenvalue weighted by Gasteiger charge is -2.31. The first-order chi connectivity index (χ1) is 14.5. The number of carbonyl (C=O) groups excluding carboxylic acids is 5. The normalized spacial score (nSPS) is 16.3. The van der Waals surface area contributed by atoms with Crippen molar-refractivity contribution in [2.75, 3.05) is 6.54 Å². The van der Waals surface area contributed by atoms with E-state index in [4.69, 9.17) is 14.3 Å². The Bertz CT molecular complexity index is 722. The average molecular weight is 458 g/mol. The highest BCUT2D eigenvalue weighted by atomic mass is 16.7. The number of rotatable bonds is 8. The van der Waals surface area contributed by atoms with E-state index in [9.17, 15) is 24.0 Å². The van der Waals surface area contributed by atoms with Crippen LogP contribution in [-0.2, 0) is 28.7 Å². The first-order valence-electron chi connectivity index (χ1n) is 10.6. The molecule has 182 valence electrons. The lowest BCUT2D eigenvalue weighted by atomic mass is 9.95. The van der Waals surface area contributed by atoms with Gasteiger partial charge in [-0.15, -0.1) is 5.06 Å². The Morgan fingerprint density at radius 3 is 1.84 bits per heavy atom. The lowest BCUT2D eigenvalue weighted by molar-refractivity contribution is -0.202. The minimum atomic E-state index is -1.57. The van der Waals surface area contributed by atoms with Crippen molar-refractivity contribution in [2.24, 2.45) is 0 Å². The van der Waals surface area contributed by atoms with E-state index in [1.165, 1.54) is 6.92 Å². The Hall–Kier alpha value is -2.85. The Morgan fingerprint density at radius 1 is 0.844 bits per heavy atom. The second-order valence-corrected chi connectivity index (χ2v) is 9.81. The maximum absolute atomic E-state index is 12.8. The number of carbonyl (C=O) groups is 5. The van der Waals surface area contributed by atoms with Crippen LogP contribution in [0.3, 0.4) is 0 Å². The summed E-state index contributed by atoms with van der Waals surface area (Å²) in [5.74, 6) is -2.21. The van der Waals surface area contributed by atoms with Crippen molar-refractivity contribution < 1.29 is 38.3 Å². The largest absolute Gasteiger partial charge is 0.444 e. The van der Waals surface area contributed by atoms with Gasteiger partial charge in [-0.2, -0.15) is 0 Å². The third kappa shape index (κ3) is 9.52. The van der Waals surface area contributed by atoms with Gasteiger partial charge >= 0.3 is 18.2 Å². The first-order valence-corrected chi connectivity index (χ1v) is 10.6. The SMILES string of the molecule is CC(C)(C)OC(=O)NCCCC[C@@](C)(NC(=O)OC(C)(C)C)C(=O)ON1C(=O)CCC1=O. The molecular formula is C21H35N3O8. The van der Waals surface area contributed by atoms with Crippen molar-refractivity contribution >= 4 is 30.0 Å². The molecule has 11 nitrogen and oxygen atoms in total. The molecule has 4 amide bonds. The van der Waals surface area contributed by atoms with Crippen LogP contribution in [0.25, 0.3) is 0 Å². The van der Waals surface area contributed by atoms with Crippen LogP contribution < -0.4 is 10.6 Å². The summed E-state index contributed by atoms with van der Waals surface area (Å²) in [5, 5.41) is 5.53. The highest BCUT2D eigenvalue weighted by Crippen LogP contribution is 2.21. The summed E-state index contributed by atoms with van der Waals surface area (Å²) in [4.78, 5) is 65.4. The van der Waals surface area contributed by atoms with Gasteiger partial charge in [-0.1, -0.05) is 0 Å². The molecule has 0 unspecified atom stereocenters. The molecule has 0 bridgehead atoms. The monoisotopic (exact) mass is 457 g/mol. The van der Waals surface area contributed by atoms with Crippen molar-refractivity contribution in [3.05, 3.63) is 0 Å². The molecule has 32 heavy (non-hydrogen) atoms. The van der Waals surface area contributed by atoms with Crippen LogP contribution in [0.4, 0.5) is 9.59 Å². The molecule has 0 aliphatic carbocycles. The number of nitrogens with zero attached hydrogens (tertiary/aromatic N) is 1. The number of alkyl carbamates (subject to hydrolysis) is 2. The average Bonchev–Trinajstić information content (AvgIpc) is 2.90. The molecule has 1 heterocycles. The van der Waals surface area contributed by atoms with Crippen LogP contribution in [0.1, 0.15) is 80.6 Å². The van der Waals surface area contributed by atoms with Gasteiger partial charge < -0.3 is 24.9 Å². The molecule has 1 aliphatic rings. The van der Waals surface area contributed by atoms with Crippen LogP contribution >= 0.6 is 0 Å². The van der Waals surface area contributed by atoms with Gasteiger partial charge in [0.15, 0.2) is 0 Å². The van der Waals surface area contributed by atoms with Crippen molar-refractivity contribution in [3.8, 4) is 0 Å². The van der Waals surface area contributed by atoms with Gasteiger partial charge in [-0.3, -0.25) is 9.59 Å². The fourth-order valence-corrected chi connectivity index (χ4v) is 2.69. The molecule has 0 aromatic heterocycles. The van der Waals surface area contributed by atoms with Gasteiger partial charge in [0.2, 0.25) is 0 Å². The number of imide groups is 1. The van der Waals surface area contributed by atoms with Crippen LogP contribution in [0.5, 0.6) is 0 Å². The number of hydroxylamine groups is 2. The van der Waals surface area contributed by atoms with Crippen LogP contribution in [0.2, 0.25) is 0 Å². The lowest BCUT2D eigenvalue weighted by Crippen LogP contribution is -2.55. The standard InChI is InChI=1S/C21H35N3O8/c1-19(2,3)30-17(28)22-13-9-8-12-21(7,23-18(29)31-20(4,5)6)16(27)32-24-14(25)10-11-15(24)26/h8-13H2,1-7H3,(H,22,28)(H,23,29)/t21-/m1/s1. The molecule has 1 atom stereocenters. The molecule has 11 heteroatoms. The van der Waals surface area contributed by atoms with Gasteiger partial charge in [0.05, 0.1) is 0 Å². The first kappa shape index (κ1) is 27.2. The topological polar surface area (TPSA) is 140 Å². The van der Waals surface area contributed by atoms with Crippen molar-refractivity contribution in [1.29, 1.82) is 0 Å². The van der Waals surface area contributed by atoms with Gasteiger partial charge in [-0.25, -0.2) is 14.4 Å². The van der Waals surface area contributed by atoms with E-state index in [0.29, 0.717) is 17.9 Å². The van der Waals surface area contributed by atoms with Crippen LogP contribution in [0, 0.1) is 0 Å². The van der Waals surface area contributed by atoms with E-state index in [1.54, 1.807) is 41.5 Å². The fourth-order valence-electron chi connectivity index (χ4n) is 2.69. The fraction of sp³-hybridized carbons (Fsp3) is 0.762. The quantitative estimate of drug-likeness (QED) is 0.419. The van der Waals surface area contributed by atoms with E-state index < -0.39 is 46.7 Å². The molecule has 0 aromatic rings. The van der Waals surface area contributed by atoms with E-state index in [0.717, 1.165) is 0 Å². The zero-order chi connectivity index (χ0) is 24.7. The number of hydrogen-bond acceptors (Lipinski definition) is 8. The number of hydrogen-bond donors (Lipinski definition) is 2. The predicted octanol–water partition coefficient (Wildman–Crippen LogP) is 2.57. The Morgan fingerprint density at radius 2 is 1.34 bits per heavy atom. The third-order valence-corrected chi connectivity index (χ3v) is 4.18. The minimum Gasteiger partial charge on any atom is -0.444 e. The maximum Gasteiger partial charge on any atom is 0.408 e. The molecule has 1 fully saturated rings. The molecule has 1 aliphatic heterocycles. The summed E-state index contributed by atoms with van der Waals surface area (Å²) in [6, 6.07) is 0. The molecule has 1 saturated heterocycles. The summed E-state index contributed by atoms with van der Waals surface area (Å²) in [5.41, 5.74) is -2.99. The summed E-state index contributed by atoms with van der Waals surface area (Å²) < 4.78 is 10.4. The van der Waals surface area contributed by atoms with Gasteiger partial charge in [-0.05, 0) is 67.7 Å². The van der Waals surface area contributed by atoms with E-state index >= 15 is 0 Å². The molecular weight excluding hydrogens is 422 g/mol. The zero-order valence-corrected chi connectivity index (χ0v) is 20.0. The highest BCUT2D eigenvalue weighted by molar-refractivity contribution is 6.02. The van der Waals surface area contributed by atoms with Gasteiger partial charge in [0.25, 0.3) is 11.8 Å². The molecule has 2 N–H and O–H groups in total. The smallest absolute Gasteiger partial charge is 0.408 e. The van der Waals surface area contributed by atoms with E-state index in [1.807, 2.05) is 0 Å². The minimum absolute atomic E-state index is 0.0430. The van der Waals surface area contributed by atoms with Crippen LogP contribution in [-0.4, -0.2) is 58.3 Å². The third-order valence-electron chi connectivity index (χ3n) is 4.18. The summed E-state index contributed by atoms with van der Waals surface area (Å²) in [6.45, 7) is 12.0. The number of nitrogens with one attached hydrogen (secondary N) is 2. The molecule has 1 rings (SSSR count). The Kier molecular flexibility index (Phi) is 9.04. The Balaban J connectivity index is 2.74. The van der Waals surface area contributed by atoms with Crippen molar-refractivity contribution in [2.45, 2.75) is 97.3 Å². The van der Waals surface area contributed by atoms with Crippen LogP contribution in [0.15, 0.2) is 0 Å². The molecule has 0 aromatic carbocycles. The zero-order valence-electron chi connectivity index (χ0n) is 20.0. The Labute approximate surface area is 188 Å². The number of unbranched alkanes of at least 4 members (excludes halogenated alkanes) is 1.